The van der Waals surface area contributed by atoms with Crippen LogP contribution >= 0.6 is 31.9 Å². The molecule has 0 atom stereocenters. The summed E-state index contributed by atoms with van der Waals surface area (Å²) in [5.41, 5.74) is -1.06. The van der Waals surface area contributed by atoms with Crippen LogP contribution < -0.4 is 0 Å². The fourth-order valence-corrected chi connectivity index (χ4v) is 2.01. The number of benzene rings is 1. The molecule has 1 N–H and O–H groups in total. The molecule has 0 saturated carbocycles. The number of phenolic OH excluding ortho intramolecular Hbond substituents is 1. The Morgan fingerprint density at radius 2 is 1.69 bits per heavy atom. The Kier molecular flexibility index (Phi) is 2.91. The van der Waals surface area contributed by atoms with Gasteiger partial charge in [0.25, 0.3) is 0 Å². The van der Waals surface area contributed by atoms with E-state index in [4.69, 9.17) is 5.11 Å². The van der Waals surface area contributed by atoms with Crippen LogP contribution in [0.25, 0.3) is 0 Å². The third-order valence-electron chi connectivity index (χ3n) is 1.33. The predicted octanol–water partition coefficient (Wildman–Crippen LogP) is 3.94. The highest BCUT2D eigenvalue weighted by Gasteiger charge is 2.34. The van der Waals surface area contributed by atoms with Crippen LogP contribution in [0.2, 0.25) is 0 Å². The molecule has 72 valence electrons. The second-order valence-corrected chi connectivity index (χ2v) is 4.05. The van der Waals surface area contributed by atoms with Gasteiger partial charge in [-0.3, -0.25) is 0 Å². The van der Waals surface area contributed by atoms with Crippen molar-refractivity contribution in [2.75, 3.05) is 0 Å². The largest absolute Gasteiger partial charge is 0.506 e. The summed E-state index contributed by atoms with van der Waals surface area (Å²) in [4.78, 5) is 0. The molecule has 1 aromatic rings. The Hall–Kier alpha value is -0.230. The summed E-state index contributed by atoms with van der Waals surface area (Å²) in [6, 6.07) is 2.16. The van der Waals surface area contributed by atoms with Gasteiger partial charge in [-0.05, 0) is 28.1 Å². The average molecular weight is 320 g/mol. The van der Waals surface area contributed by atoms with Crippen molar-refractivity contribution in [3.63, 3.8) is 0 Å². The van der Waals surface area contributed by atoms with Crippen LogP contribution in [-0.2, 0) is 6.18 Å². The van der Waals surface area contributed by atoms with E-state index in [9.17, 15) is 13.2 Å². The van der Waals surface area contributed by atoms with Crippen LogP contribution in [0.1, 0.15) is 5.56 Å². The van der Waals surface area contributed by atoms with Crippen LogP contribution in [0, 0.1) is 0 Å². The van der Waals surface area contributed by atoms with E-state index >= 15 is 0 Å². The van der Waals surface area contributed by atoms with Crippen LogP contribution in [0.3, 0.4) is 0 Å². The number of alkyl halides is 3. The van der Waals surface area contributed by atoms with Crippen LogP contribution in [-0.4, -0.2) is 5.11 Å². The summed E-state index contributed by atoms with van der Waals surface area (Å²) >= 11 is 5.71. The minimum Gasteiger partial charge on any atom is -0.506 e. The molecule has 0 aliphatic carbocycles. The first kappa shape index (κ1) is 10.8. The van der Waals surface area contributed by atoms with E-state index in [1.807, 2.05) is 0 Å². The SMILES string of the molecule is Oc1c(Br)cc(Br)cc1C(F)(F)F. The highest BCUT2D eigenvalue weighted by Crippen LogP contribution is 2.41. The van der Waals surface area contributed by atoms with Gasteiger partial charge in [0.2, 0.25) is 0 Å². The number of aromatic hydroxyl groups is 1. The van der Waals surface area contributed by atoms with E-state index < -0.39 is 17.5 Å². The lowest BCUT2D eigenvalue weighted by Gasteiger charge is -2.10. The Morgan fingerprint density at radius 1 is 1.15 bits per heavy atom. The third kappa shape index (κ3) is 2.37. The first-order valence-electron chi connectivity index (χ1n) is 3.07. The molecule has 1 nitrogen and oxygen atoms in total. The van der Waals surface area contributed by atoms with E-state index in [-0.39, 0.29) is 8.95 Å². The molecule has 0 aliphatic heterocycles. The first-order valence-corrected chi connectivity index (χ1v) is 4.66. The normalized spacial score (nSPS) is 11.8. The number of halogens is 5. The monoisotopic (exact) mass is 318 g/mol. The zero-order valence-corrected chi connectivity index (χ0v) is 9.16. The number of phenols is 1. The zero-order valence-electron chi connectivity index (χ0n) is 5.99. The Labute approximate surface area is 88.8 Å². The lowest BCUT2D eigenvalue weighted by molar-refractivity contribution is -0.138. The minimum absolute atomic E-state index is 0.00852. The average Bonchev–Trinajstić information content (AvgIpc) is 1.94. The van der Waals surface area contributed by atoms with Crippen molar-refractivity contribution in [1.29, 1.82) is 0 Å². The van der Waals surface area contributed by atoms with Crippen LogP contribution in [0.5, 0.6) is 5.75 Å². The molecule has 0 fully saturated rings. The zero-order chi connectivity index (χ0) is 10.2. The van der Waals surface area contributed by atoms with Gasteiger partial charge in [0.05, 0.1) is 10.0 Å². The van der Waals surface area contributed by atoms with Crippen molar-refractivity contribution in [3.8, 4) is 5.75 Å². The Balaban J connectivity index is 3.37. The number of hydrogen-bond donors (Lipinski definition) is 1. The van der Waals surface area contributed by atoms with Crippen LogP contribution in [0.15, 0.2) is 21.1 Å². The highest BCUT2D eigenvalue weighted by molar-refractivity contribution is 9.11. The van der Waals surface area contributed by atoms with Crippen molar-refractivity contribution >= 4 is 31.9 Å². The molecule has 0 amide bonds. The molecule has 0 unspecified atom stereocenters. The Morgan fingerprint density at radius 3 is 2.15 bits per heavy atom. The minimum atomic E-state index is -4.55. The predicted molar refractivity (Wildman–Crippen MR) is 48.5 cm³/mol. The van der Waals surface area contributed by atoms with Crippen LogP contribution in [0.4, 0.5) is 13.2 Å². The third-order valence-corrected chi connectivity index (χ3v) is 2.40. The topological polar surface area (TPSA) is 20.2 Å². The molecule has 6 heteroatoms. The molecule has 0 bridgehead atoms. The smallest absolute Gasteiger partial charge is 0.420 e. The molecule has 0 aromatic heterocycles. The summed E-state index contributed by atoms with van der Waals surface area (Å²) in [5, 5.41) is 9.07. The number of hydrogen-bond acceptors (Lipinski definition) is 1. The van der Waals surface area contributed by atoms with Crippen molar-refractivity contribution in [1.82, 2.24) is 0 Å². The quantitative estimate of drug-likeness (QED) is 0.768. The van der Waals surface area contributed by atoms with Gasteiger partial charge in [-0.1, -0.05) is 15.9 Å². The molecule has 0 spiro atoms. The molecule has 1 rings (SSSR count). The summed E-state index contributed by atoms with van der Waals surface area (Å²) in [6.07, 6.45) is -4.55. The summed E-state index contributed by atoms with van der Waals surface area (Å²) in [6.45, 7) is 0. The highest BCUT2D eigenvalue weighted by atomic mass is 79.9. The first-order chi connectivity index (χ1) is 5.82. The summed E-state index contributed by atoms with van der Waals surface area (Å²) in [7, 11) is 0. The van der Waals surface area contributed by atoms with Gasteiger partial charge in [0.15, 0.2) is 0 Å². The maximum absolute atomic E-state index is 12.2. The maximum atomic E-state index is 12.2. The van der Waals surface area contributed by atoms with E-state index in [2.05, 4.69) is 31.9 Å². The van der Waals surface area contributed by atoms with Gasteiger partial charge in [-0.15, -0.1) is 0 Å². The standard InChI is InChI=1S/C7H3Br2F3O/c8-3-1-4(7(10,11)12)6(13)5(9)2-3/h1-2,13H. The molecule has 1 aromatic carbocycles. The fourth-order valence-electron chi connectivity index (χ4n) is 0.782. The van der Waals surface area contributed by atoms with Crippen molar-refractivity contribution < 1.29 is 18.3 Å². The molecule has 0 radical (unpaired) electrons. The lowest BCUT2D eigenvalue weighted by atomic mass is 10.2. The maximum Gasteiger partial charge on any atom is 0.420 e. The van der Waals surface area contributed by atoms with Gasteiger partial charge in [-0.2, -0.15) is 13.2 Å². The molecular formula is C7H3Br2F3O. The molecule has 13 heavy (non-hydrogen) atoms. The van der Waals surface area contributed by atoms with E-state index in [0.29, 0.717) is 0 Å². The van der Waals surface area contributed by atoms with Crippen molar-refractivity contribution in [2.24, 2.45) is 0 Å². The lowest BCUT2D eigenvalue weighted by Crippen LogP contribution is -2.05. The number of rotatable bonds is 0. The van der Waals surface area contributed by atoms with Gasteiger partial charge in [0.1, 0.15) is 5.75 Å². The summed E-state index contributed by atoms with van der Waals surface area (Å²) < 4.78 is 36.9. The van der Waals surface area contributed by atoms with Crippen molar-refractivity contribution in [2.45, 2.75) is 6.18 Å². The second kappa shape index (κ2) is 3.49. The molecule has 0 heterocycles. The molecule has 0 aliphatic rings. The Bertz CT molecular complexity index is 335. The fraction of sp³-hybridized carbons (Fsp3) is 0.143. The van der Waals surface area contributed by atoms with Gasteiger partial charge in [-0.25, -0.2) is 0 Å². The van der Waals surface area contributed by atoms with Crippen molar-refractivity contribution in [3.05, 3.63) is 26.6 Å². The second-order valence-electron chi connectivity index (χ2n) is 2.28. The molecular weight excluding hydrogens is 317 g/mol. The van der Waals surface area contributed by atoms with Gasteiger partial charge >= 0.3 is 6.18 Å². The molecule has 0 saturated heterocycles. The van der Waals surface area contributed by atoms with Gasteiger partial charge in [0, 0.05) is 4.47 Å². The van der Waals surface area contributed by atoms with Gasteiger partial charge < -0.3 is 5.11 Å². The van der Waals surface area contributed by atoms with E-state index in [1.165, 1.54) is 6.07 Å². The summed E-state index contributed by atoms with van der Waals surface area (Å²) in [5.74, 6) is -0.796. The van der Waals surface area contributed by atoms with E-state index in [0.717, 1.165) is 6.07 Å². The van der Waals surface area contributed by atoms with E-state index in [1.54, 1.807) is 0 Å².